The molecule has 1 amide bonds. The van der Waals surface area contributed by atoms with Gasteiger partial charge in [0.2, 0.25) is 5.91 Å². The van der Waals surface area contributed by atoms with Crippen LogP contribution < -0.4 is 11.1 Å². The third-order valence-corrected chi connectivity index (χ3v) is 3.54. The molecule has 0 aliphatic carbocycles. The Morgan fingerprint density at radius 3 is 2.05 bits per heavy atom. The summed E-state index contributed by atoms with van der Waals surface area (Å²) >= 11 is 5.04. The zero-order valence-corrected chi connectivity index (χ0v) is 12.5. The summed E-state index contributed by atoms with van der Waals surface area (Å²) < 4.78 is 0. The van der Waals surface area contributed by atoms with E-state index in [1.165, 1.54) is 0 Å². The molecule has 21 heavy (non-hydrogen) atoms. The zero-order chi connectivity index (χ0) is 15.1. The minimum atomic E-state index is -0.480. The molecule has 108 valence electrons. The molecular formula is C17H18N2OS. The number of rotatable bonds is 6. The molecule has 0 aliphatic heterocycles. The molecular weight excluding hydrogens is 280 g/mol. The van der Waals surface area contributed by atoms with E-state index < -0.39 is 5.92 Å². The van der Waals surface area contributed by atoms with Crippen molar-refractivity contribution in [1.82, 2.24) is 5.32 Å². The van der Waals surface area contributed by atoms with Gasteiger partial charge in [-0.05, 0) is 17.5 Å². The number of carbonyl (C=O) groups is 1. The van der Waals surface area contributed by atoms with Crippen LogP contribution in [0.1, 0.15) is 11.1 Å². The van der Waals surface area contributed by atoms with Crippen LogP contribution in [0.3, 0.4) is 0 Å². The molecule has 1 atom stereocenters. The van der Waals surface area contributed by atoms with E-state index in [-0.39, 0.29) is 10.9 Å². The summed E-state index contributed by atoms with van der Waals surface area (Å²) in [6.07, 6.45) is 0.525. The van der Waals surface area contributed by atoms with Crippen molar-refractivity contribution < 1.29 is 4.79 Å². The highest BCUT2D eigenvalue weighted by molar-refractivity contribution is 7.80. The van der Waals surface area contributed by atoms with Crippen LogP contribution in [0.15, 0.2) is 60.7 Å². The van der Waals surface area contributed by atoms with Crippen molar-refractivity contribution >= 4 is 23.1 Å². The van der Waals surface area contributed by atoms with Crippen molar-refractivity contribution in [3.63, 3.8) is 0 Å². The molecule has 4 heteroatoms. The molecule has 3 nitrogen and oxygen atoms in total. The van der Waals surface area contributed by atoms with Gasteiger partial charge in [-0.15, -0.1) is 0 Å². The lowest BCUT2D eigenvalue weighted by molar-refractivity contribution is -0.123. The maximum atomic E-state index is 12.3. The summed E-state index contributed by atoms with van der Waals surface area (Å²) in [5, 5.41) is 2.89. The van der Waals surface area contributed by atoms with E-state index >= 15 is 0 Å². The van der Waals surface area contributed by atoms with Crippen LogP contribution in [0.25, 0.3) is 0 Å². The maximum Gasteiger partial charge on any atom is 0.230 e. The lowest BCUT2D eigenvalue weighted by atomic mass is 9.98. The molecule has 0 spiro atoms. The van der Waals surface area contributed by atoms with Gasteiger partial charge in [-0.1, -0.05) is 72.9 Å². The zero-order valence-electron chi connectivity index (χ0n) is 11.7. The second kappa shape index (κ2) is 7.55. The standard InChI is InChI=1S/C17H18N2OS/c18-16(21)15(11-13-7-3-1-4-8-13)17(20)19-12-14-9-5-2-6-10-14/h1-10,15H,11-12H2,(H2,18,21)(H,19,20). The number of hydrogen-bond donors (Lipinski definition) is 2. The Hall–Kier alpha value is -2.20. The van der Waals surface area contributed by atoms with E-state index in [1.807, 2.05) is 60.7 Å². The van der Waals surface area contributed by atoms with Crippen molar-refractivity contribution in [3.8, 4) is 0 Å². The van der Waals surface area contributed by atoms with E-state index in [4.69, 9.17) is 18.0 Å². The Morgan fingerprint density at radius 1 is 1.00 bits per heavy atom. The van der Waals surface area contributed by atoms with E-state index in [0.717, 1.165) is 11.1 Å². The summed E-state index contributed by atoms with van der Waals surface area (Å²) in [4.78, 5) is 12.5. The molecule has 0 radical (unpaired) electrons. The first-order valence-corrected chi connectivity index (χ1v) is 7.22. The predicted octanol–water partition coefficient (Wildman–Crippen LogP) is 2.45. The quantitative estimate of drug-likeness (QED) is 0.805. The molecule has 0 heterocycles. The van der Waals surface area contributed by atoms with Gasteiger partial charge < -0.3 is 11.1 Å². The molecule has 2 aromatic carbocycles. The van der Waals surface area contributed by atoms with Crippen LogP contribution in [0.5, 0.6) is 0 Å². The molecule has 3 N–H and O–H groups in total. The van der Waals surface area contributed by atoms with E-state index in [9.17, 15) is 4.79 Å². The number of thiocarbonyl (C=S) groups is 1. The number of hydrogen-bond acceptors (Lipinski definition) is 2. The molecule has 1 unspecified atom stereocenters. The fourth-order valence-corrected chi connectivity index (χ4v) is 2.27. The van der Waals surface area contributed by atoms with Gasteiger partial charge in [0.25, 0.3) is 0 Å². The van der Waals surface area contributed by atoms with Crippen molar-refractivity contribution in [2.75, 3.05) is 0 Å². The van der Waals surface area contributed by atoms with E-state index in [2.05, 4.69) is 5.32 Å². The van der Waals surface area contributed by atoms with Gasteiger partial charge in [0.15, 0.2) is 0 Å². The van der Waals surface area contributed by atoms with E-state index in [0.29, 0.717) is 13.0 Å². The minimum absolute atomic E-state index is 0.129. The van der Waals surface area contributed by atoms with Gasteiger partial charge in [0, 0.05) is 6.54 Å². The maximum absolute atomic E-state index is 12.3. The minimum Gasteiger partial charge on any atom is -0.393 e. The van der Waals surface area contributed by atoms with Crippen molar-refractivity contribution in [2.45, 2.75) is 13.0 Å². The topological polar surface area (TPSA) is 55.1 Å². The Labute approximate surface area is 130 Å². The fraction of sp³-hybridized carbons (Fsp3) is 0.176. The second-order valence-corrected chi connectivity index (χ2v) is 5.32. The Bertz CT molecular complexity index is 599. The first-order chi connectivity index (χ1) is 10.2. The third kappa shape index (κ3) is 4.68. The lowest BCUT2D eigenvalue weighted by Gasteiger charge is -2.15. The molecule has 2 rings (SSSR count). The predicted molar refractivity (Wildman–Crippen MR) is 88.7 cm³/mol. The largest absolute Gasteiger partial charge is 0.393 e. The van der Waals surface area contributed by atoms with Gasteiger partial charge in [-0.25, -0.2) is 0 Å². The molecule has 2 aromatic rings. The lowest BCUT2D eigenvalue weighted by Crippen LogP contribution is -2.38. The van der Waals surface area contributed by atoms with Gasteiger partial charge in [-0.2, -0.15) is 0 Å². The van der Waals surface area contributed by atoms with Crippen LogP contribution in [0, 0.1) is 5.92 Å². The highest BCUT2D eigenvalue weighted by Crippen LogP contribution is 2.10. The van der Waals surface area contributed by atoms with Crippen molar-refractivity contribution in [2.24, 2.45) is 11.7 Å². The smallest absolute Gasteiger partial charge is 0.230 e. The van der Waals surface area contributed by atoms with Crippen LogP contribution in [-0.4, -0.2) is 10.9 Å². The monoisotopic (exact) mass is 298 g/mol. The first kappa shape index (κ1) is 15.2. The number of benzene rings is 2. The number of carbonyl (C=O) groups excluding carboxylic acids is 1. The molecule has 0 fully saturated rings. The summed E-state index contributed by atoms with van der Waals surface area (Å²) in [5.74, 6) is -0.610. The first-order valence-electron chi connectivity index (χ1n) is 6.81. The Balaban J connectivity index is 1.98. The molecule has 0 aromatic heterocycles. The average molecular weight is 298 g/mol. The summed E-state index contributed by atoms with van der Waals surface area (Å²) in [5.41, 5.74) is 7.82. The van der Waals surface area contributed by atoms with Crippen molar-refractivity contribution in [3.05, 3.63) is 71.8 Å². The number of nitrogens with one attached hydrogen (secondary N) is 1. The summed E-state index contributed by atoms with van der Waals surface area (Å²) in [6.45, 7) is 0.480. The van der Waals surface area contributed by atoms with Gasteiger partial charge in [-0.3, -0.25) is 4.79 Å². The van der Waals surface area contributed by atoms with Crippen LogP contribution in [0.4, 0.5) is 0 Å². The fourth-order valence-electron chi connectivity index (χ4n) is 2.08. The molecule has 0 aliphatic rings. The van der Waals surface area contributed by atoms with Crippen LogP contribution >= 0.6 is 12.2 Å². The number of amides is 1. The highest BCUT2D eigenvalue weighted by Gasteiger charge is 2.21. The summed E-state index contributed by atoms with van der Waals surface area (Å²) in [7, 11) is 0. The molecule has 0 saturated carbocycles. The summed E-state index contributed by atoms with van der Waals surface area (Å²) in [6, 6.07) is 19.5. The van der Waals surface area contributed by atoms with Crippen LogP contribution in [0.2, 0.25) is 0 Å². The van der Waals surface area contributed by atoms with E-state index in [1.54, 1.807) is 0 Å². The third-order valence-electron chi connectivity index (χ3n) is 3.25. The molecule has 0 bridgehead atoms. The van der Waals surface area contributed by atoms with Gasteiger partial charge in [0.05, 0.1) is 10.9 Å². The Morgan fingerprint density at radius 2 is 1.52 bits per heavy atom. The van der Waals surface area contributed by atoms with Gasteiger partial charge in [0.1, 0.15) is 0 Å². The SMILES string of the molecule is NC(=S)C(Cc1ccccc1)C(=O)NCc1ccccc1. The molecule has 0 saturated heterocycles. The number of nitrogens with two attached hydrogens (primary N) is 1. The average Bonchev–Trinajstić information content (AvgIpc) is 2.52. The van der Waals surface area contributed by atoms with Gasteiger partial charge >= 0.3 is 0 Å². The second-order valence-electron chi connectivity index (χ2n) is 4.85. The Kier molecular flexibility index (Phi) is 5.46. The van der Waals surface area contributed by atoms with Crippen LogP contribution in [-0.2, 0) is 17.8 Å². The highest BCUT2D eigenvalue weighted by atomic mass is 32.1. The normalized spacial score (nSPS) is 11.6. The van der Waals surface area contributed by atoms with Crippen molar-refractivity contribution in [1.29, 1.82) is 0 Å².